The van der Waals surface area contributed by atoms with Crippen LogP contribution in [-0.4, -0.2) is 11.7 Å². The molecule has 2 rings (SSSR count). The summed E-state index contributed by atoms with van der Waals surface area (Å²) in [4.78, 5) is 0. The molecule has 0 atom stereocenters. The molecule has 2 nitrogen and oxygen atoms in total. The molecular formula is C18H22O2. The van der Waals surface area contributed by atoms with Gasteiger partial charge in [-0.25, -0.2) is 0 Å². The predicted octanol–water partition coefficient (Wildman–Crippen LogP) is 4.46. The molecule has 0 spiro atoms. The van der Waals surface area contributed by atoms with Gasteiger partial charge >= 0.3 is 0 Å². The van der Waals surface area contributed by atoms with Crippen LogP contribution in [0, 0.1) is 0 Å². The zero-order chi connectivity index (χ0) is 14.2. The van der Waals surface area contributed by atoms with Gasteiger partial charge in [-0.2, -0.15) is 0 Å². The predicted molar refractivity (Wildman–Crippen MR) is 84.0 cm³/mol. The van der Waals surface area contributed by atoms with Crippen molar-refractivity contribution in [3.8, 4) is 5.75 Å². The third-order valence-corrected chi connectivity index (χ3v) is 3.47. The fraction of sp³-hybridized carbons (Fsp3) is 0.333. The molecule has 0 aromatic heterocycles. The summed E-state index contributed by atoms with van der Waals surface area (Å²) >= 11 is 0. The van der Waals surface area contributed by atoms with Gasteiger partial charge in [0, 0.05) is 5.56 Å². The summed E-state index contributed by atoms with van der Waals surface area (Å²) in [5, 5.41) is 11.8. The minimum atomic E-state index is 0.00709. The molecule has 2 aromatic carbocycles. The maximum atomic E-state index is 9.60. The fourth-order valence-electron chi connectivity index (χ4n) is 2.36. The number of benzene rings is 2. The average molecular weight is 270 g/mol. The average Bonchev–Trinajstić information content (AvgIpc) is 2.50. The first-order chi connectivity index (χ1) is 9.86. The lowest BCUT2D eigenvalue weighted by Crippen LogP contribution is -2.01. The van der Waals surface area contributed by atoms with E-state index in [2.05, 4.69) is 6.58 Å². The quantitative estimate of drug-likeness (QED) is 0.567. The van der Waals surface area contributed by atoms with E-state index < -0.39 is 0 Å². The van der Waals surface area contributed by atoms with Crippen molar-refractivity contribution in [2.75, 3.05) is 6.61 Å². The molecule has 0 radical (unpaired) electrons. The van der Waals surface area contributed by atoms with Crippen LogP contribution in [0.15, 0.2) is 49.1 Å². The monoisotopic (exact) mass is 270 g/mol. The van der Waals surface area contributed by atoms with E-state index in [0.29, 0.717) is 6.61 Å². The van der Waals surface area contributed by atoms with Crippen LogP contribution in [0.4, 0.5) is 0 Å². The van der Waals surface area contributed by atoms with Gasteiger partial charge in [-0.3, -0.25) is 0 Å². The van der Waals surface area contributed by atoms with Gasteiger partial charge in [-0.05, 0) is 42.5 Å². The molecule has 0 saturated carbocycles. The van der Waals surface area contributed by atoms with Crippen molar-refractivity contribution >= 4 is 10.8 Å². The largest absolute Gasteiger partial charge is 0.493 e. The zero-order valence-corrected chi connectivity index (χ0v) is 11.8. The molecule has 1 N–H and O–H groups in total. The number of aliphatic hydroxyl groups excluding tert-OH is 1. The lowest BCUT2D eigenvalue weighted by molar-refractivity contribution is 0.262. The Hall–Kier alpha value is -1.80. The molecule has 2 aromatic rings. The minimum Gasteiger partial charge on any atom is -0.493 e. The van der Waals surface area contributed by atoms with Crippen molar-refractivity contribution in [2.24, 2.45) is 0 Å². The van der Waals surface area contributed by atoms with Crippen molar-refractivity contribution in [1.82, 2.24) is 0 Å². The number of fused-ring (bicyclic) bond motifs is 1. The van der Waals surface area contributed by atoms with Crippen LogP contribution in [0.1, 0.15) is 31.2 Å². The van der Waals surface area contributed by atoms with Gasteiger partial charge in [0.25, 0.3) is 0 Å². The number of hydrogen-bond donors (Lipinski definition) is 1. The number of allylic oxidation sites excluding steroid dienone is 1. The maximum absolute atomic E-state index is 9.60. The van der Waals surface area contributed by atoms with E-state index in [-0.39, 0.29) is 6.61 Å². The van der Waals surface area contributed by atoms with Crippen LogP contribution in [0.3, 0.4) is 0 Å². The van der Waals surface area contributed by atoms with E-state index in [1.807, 2.05) is 42.5 Å². The Morgan fingerprint density at radius 3 is 2.70 bits per heavy atom. The number of rotatable bonds is 8. The Kier molecular flexibility index (Phi) is 5.63. The second-order valence-corrected chi connectivity index (χ2v) is 4.91. The lowest BCUT2D eigenvalue weighted by Gasteiger charge is -2.12. The summed E-state index contributed by atoms with van der Waals surface area (Å²) in [6, 6.07) is 12.1. The standard InChI is InChI=1S/C18H22O2/c1-2-3-4-5-8-13-20-18-12-11-15-9-6-7-10-16(15)17(18)14-19/h2,6-7,9-12,19H,1,3-5,8,13-14H2. The molecule has 0 fully saturated rings. The highest BCUT2D eigenvalue weighted by atomic mass is 16.5. The zero-order valence-electron chi connectivity index (χ0n) is 11.8. The minimum absolute atomic E-state index is 0.00709. The highest BCUT2D eigenvalue weighted by molar-refractivity contribution is 5.87. The van der Waals surface area contributed by atoms with E-state index in [9.17, 15) is 5.11 Å². The van der Waals surface area contributed by atoms with Crippen molar-refractivity contribution in [3.63, 3.8) is 0 Å². The van der Waals surface area contributed by atoms with Crippen LogP contribution in [0.5, 0.6) is 5.75 Å². The molecule has 2 heteroatoms. The van der Waals surface area contributed by atoms with Crippen LogP contribution in [-0.2, 0) is 6.61 Å². The van der Waals surface area contributed by atoms with Crippen LogP contribution in [0.25, 0.3) is 10.8 Å². The molecule has 0 heterocycles. The first-order valence-electron chi connectivity index (χ1n) is 7.22. The third kappa shape index (κ3) is 3.61. The molecule has 20 heavy (non-hydrogen) atoms. The Balaban J connectivity index is 2.01. The fourth-order valence-corrected chi connectivity index (χ4v) is 2.36. The smallest absolute Gasteiger partial charge is 0.125 e. The van der Waals surface area contributed by atoms with Gasteiger partial charge in [0.2, 0.25) is 0 Å². The number of unbranched alkanes of at least 4 members (excludes halogenated alkanes) is 3. The van der Waals surface area contributed by atoms with E-state index in [1.165, 1.54) is 0 Å². The van der Waals surface area contributed by atoms with Gasteiger partial charge in [0.05, 0.1) is 13.2 Å². The molecule has 0 saturated heterocycles. The maximum Gasteiger partial charge on any atom is 0.125 e. The van der Waals surface area contributed by atoms with Crippen LogP contribution >= 0.6 is 0 Å². The molecule has 106 valence electrons. The molecular weight excluding hydrogens is 248 g/mol. The first-order valence-corrected chi connectivity index (χ1v) is 7.22. The molecule has 0 aliphatic rings. The van der Waals surface area contributed by atoms with Crippen molar-refractivity contribution in [3.05, 3.63) is 54.6 Å². The Morgan fingerprint density at radius 1 is 1.05 bits per heavy atom. The second-order valence-electron chi connectivity index (χ2n) is 4.91. The summed E-state index contributed by atoms with van der Waals surface area (Å²) in [5.41, 5.74) is 0.884. The van der Waals surface area contributed by atoms with E-state index >= 15 is 0 Å². The van der Waals surface area contributed by atoms with Crippen LogP contribution < -0.4 is 4.74 Å². The number of hydrogen-bond acceptors (Lipinski definition) is 2. The molecule has 0 aliphatic carbocycles. The Bertz CT molecular complexity index is 560. The summed E-state index contributed by atoms with van der Waals surface area (Å²) in [6.45, 7) is 4.42. The van der Waals surface area contributed by atoms with E-state index in [1.54, 1.807) is 0 Å². The van der Waals surface area contributed by atoms with Gasteiger partial charge in [-0.15, -0.1) is 6.58 Å². The van der Waals surface area contributed by atoms with E-state index in [4.69, 9.17) is 4.74 Å². The van der Waals surface area contributed by atoms with Gasteiger partial charge in [-0.1, -0.05) is 36.4 Å². The van der Waals surface area contributed by atoms with E-state index in [0.717, 1.165) is 47.8 Å². The van der Waals surface area contributed by atoms with Crippen molar-refractivity contribution in [2.45, 2.75) is 32.3 Å². The second kappa shape index (κ2) is 7.71. The highest BCUT2D eigenvalue weighted by Gasteiger charge is 2.07. The molecule has 0 bridgehead atoms. The molecule has 0 aliphatic heterocycles. The molecule has 0 amide bonds. The van der Waals surface area contributed by atoms with Gasteiger partial charge in [0.1, 0.15) is 5.75 Å². The summed E-state index contributed by atoms with van der Waals surface area (Å²) in [7, 11) is 0. The van der Waals surface area contributed by atoms with Gasteiger partial charge in [0.15, 0.2) is 0 Å². The lowest BCUT2D eigenvalue weighted by atomic mass is 10.0. The Labute approximate surface area is 120 Å². The summed E-state index contributed by atoms with van der Waals surface area (Å²) in [5.74, 6) is 0.801. The van der Waals surface area contributed by atoms with Crippen molar-refractivity contribution in [1.29, 1.82) is 0 Å². The molecule has 0 unspecified atom stereocenters. The first kappa shape index (κ1) is 14.6. The van der Waals surface area contributed by atoms with Crippen molar-refractivity contribution < 1.29 is 9.84 Å². The number of ether oxygens (including phenoxy) is 1. The van der Waals surface area contributed by atoms with Crippen LogP contribution in [0.2, 0.25) is 0 Å². The highest BCUT2D eigenvalue weighted by Crippen LogP contribution is 2.28. The summed E-state index contributed by atoms with van der Waals surface area (Å²) in [6.07, 6.45) is 6.36. The van der Waals surface area contributed by atoms with Gasteiger partial charge < -0.3 is 9.84 Å². The number of aliphatic hydroxyl groups is 1. The third-order valence-electron chi connectivity index (χ3n) is 3.47. The normalized spacial score (nSPS) is 10.7. The topological polar surface area (TPSA) is 29.5 Å². The summed E-state index contributed by atoms with van der Waals surface area (Å²) < 4.78 is 5.83. The SMILES string of the molecule is C=CCCCCCOc1ccc2ccccc2c1CO. The Morgan fingerprint density at radius 2 is 1.90 bits per heavy atom.